The number of nitrogens with zero attached hydrogens (tertiary/aromatic N) is 1. The molecule has 7 heteroatoms. The highest BCUT2D eigenvalue weighted by atomic mass is 19.1. The Morgan fingerprint density at radius 2 is 1.77 bits per heavy atom. The Hall–Kier alpha value is -2.77. The number of para-hydroxylation sites is 1. The number of hydrogen-bond donors (Lipinski definition) is 3. The number of piperidine rings is 1. The number of aryl methyl sites for hydroxylation is 1. The summed E-state index contributed by atoms with van der Waals surface area (Å²) in [5.41, 5.74) is 1.18. The number of halogens is 1. The van der Waals surface area contributed by atoms with Crippen molar-refractivity contribution in [2.75, 3.05) is 31.5 Å². The lowest BCUT2D eigenvalue weighted by molar-refractivity contribution is 0.0796. The quantitative estimate of drug-likeness (QED) is 0.634. The summed E-state index contributed by atoms with van der Waals surface area (Å²) < 4.78 is 14.0. The van der Waals surface area contributed by atoms with Crippen molar-refractivity contribution in [3.05, 3.63) is 65.0 Å². The van der Waals surface area contributed by atoms with Gasteiger partial charge in [0.2, 0.25) is 0 Å². The molecule has 0 saturated carbocycles. The van der Waals surface area contributed by atoms with Crippen LogP contribution < -0.4 is 10.6 Å². The third-order valence-electron chi connectivity index (χ3n) is 5.72. The van der Waals surface area contributed by atoms with Gasteiger partial charge in [0.25, 0.3) is 11.8 Å². The van der Waals surface area contributed by atoms with Gasteiger partial charge < -0.3 is 20.6 Å². The molecule has 0 aliphatic carbocycles. The largest absolute Gasteiger partial charge is 0.390 e. The first-order chi connectivity index (χ1) is 14.8. The Balaban J connectivity index is 1.63. The van der Waals surface area contributed by atoms with Gasteiger partial charge in [0.05, 0.1) is 22.9 Å². The van der Waals surface area contributed by atoms with Crippen molar-refractivity contribution in [2.24, 2.45) is 5.92 Å². The Labute approximate surface area is 182 Å². The van der Waals surface area contributed by atoms with Crippen LogP contribution in [0.4, 0.5) is 10.1 Å². The van der Waals surface area contributed by atoms with Gasteiger partial charge in [-0.1, -0.05) is 31.2 Å². The van der Waals surface area contributed by atoms with Crippen LogP contribution in [0.5, 0.6) is 0 Å². The second-order valence-electron chi connectivity index (χ2n) is 8.28. The smallest absolute Gasteiger partial charge is 0.258 e. The van der Waals surface area contributed by atoms with Gasteiger partial charge >= 0.3 is 0 Å². The fraction of sp³-hybridized carbons (Fsp3) is 0.417. The van der Waals surface area contributed by atoms with Crippen LogP contribution in [-0.2, 0) is 0 Å². The number of likely N-dealkylation sites (tertiary alicyclic amines) is 1. The monoisotopic (exact) mass is 427 g/mol. The van der Waals surface area contributed by atoms with E-state index in [1.54, 1.807) is 31.2 Å². The maximum Gasteiger partial charge on any atom is 0.258 e. The van der Waals surface area contributed by atoms with Crippen molar-refractivity contribution in [1.82, 2.24) is 10.2 Å². The number of anilines is 1. The minimum absolute atomic E-state index is 0.0941. The predicted molar refractivity (Wildman–Crippen MR) is 119 cm³/mol. The van der Waals surface area contributed by atoms with E-state index in [4.69, 9.17) is 0 Å². The lowest BCUT2D eigenvalue weighted by atomic mass is 9.99. The van der Waals surface area contributed by atoms with Gasteiger partial charge in [-0.05, 0) is 62.5 Å². The Morgan fingerprint density at radius 3 is 2.48 bits per heavy atom. The highest BCUT2D eigenvalue weighted by molar-refractivity contribution is 6.09. The summed E-state index contributed by atoms with van der Waals surface area (Å²) in [6, 6.07) is 10.8. The summed E-state index contributed by atoms with van der Waals surface area (Å²) in [5, 5.41) is 15.8. The Bertz CT molecular complexity index is 926. The van der Waals surface area contributed by atoms with E-state index in [1.165, 1.54) is 18.2 Å². The number of aliphatic hydroxyl groups is 1. The van der Waals surface area contributed by atoms with E-state index in [0.717, 1.165) is 25.9 Å². The van der Waals surface area contributed by atoms with Crippen molar-refractivity contribution < 1.29 is 19.1 Å². The van der Waals surface area contributed by atoms with Crippen molar-refractivity contribution in [1.29, 1.82) is 0 Å². The minimum atomic E-state index is -0.682. The van der Waals surface area contributed by atoms with Crippen LogP contribution in [0, 0.1) is 18.7 Å². The number of amides is 2. The van der Waals surface area contributed by atoms with E-state index >= 15 is 0 Å². The molecule has 1 unspecified atom stereocenters. The zero-order chi connectivity index (χ0) is 22.4. The minimum Gasteiger partial charge on any atom is -0.390 e. The summed E-state index contributed by atoms with van der Waals surface area (Å²) in [7, 11) is 0. The van der Waals surface area contributed by atoms with E-state index in [1.807, 2.05) is 0 Å². The van der Waals surface area contributed by atoms with Crippen molar-refractivity contribution in [3.63, 3.8) is 0 Å². The molecule has 3 rings (SSSR count). The normalized spacial score (nSPS) is 16.0. The number of nitrogens with one attached hydrogen (secondary N) is 2. The van der Waals surface area contributed by atoms with Crippen molar-refractivity contribution >= 4 is 17.5 Å². The van der Waals surface area contributed by atoms with Crippen LogP contribution in [-0.4, -0.2) is 54.1 Å². The van der Waals surface area contributed by atoms with E-state index in [9.17, 15) is 19.1 Å². The van der Waals surface area contributed by atoms with Crippen LogP contribution in [0.3, 0.4) is 0 Å². The molecule has 166 valence electrons. The third kappa shape index (κ3) is 6.12. The topological polar surface area (TPSA) is 81.7 Å². The highest BCUT2D eigenvalue weighted by Gasteiger charge is 2.21. The number of carbonyl (C=O) groups is 2. The van der Waals surface area contributed by atoms with Gasteiger partial charge in [-0.25, -0.2) is 4.39 Å². The molecule has 0 radical (unpaired) electrons. The summed E-state index contributed by atoms with van der Waals surface area (Å²) >= 11 is 0. The number of rotatable bonds is 7. The number of aliphatic hydroxyl groups excluding tert-OH is 1. The van der Waals surface area contributed by atoms with Crippen LogP contribution in [0.2, 0.25) is 0 Å². The first-order valence-electron chi connectivity index (χ1n) is 10.7. The maximum atomic E-state index is 14.0. The SMILES string of the molecule is Cc1cccc(C(=O)NCC(O)CN2CCC(C)CC2)c1NC(=O)c1ccccc1F. The molecule has 31 heavy (non-hydrogen) atoms. The average Bonchev–Trinajstić information content (AvgIpc) is 2.75. The fourth-order valence-electron chi connectivity index (χ4n) is 3.76. The number of β-amino-alcohol motifs (C(OH)–C–C–N with tert-alkyl or cyclic N) is 1. The second kappa shape index (κ2) is 10.5. The highest BCUT2D eigenvalue weighted by Crippen LogP contribution is 2.22. The van der Waals surface area contributed by atoms with E-state index < -0.39 is 23.7 Å². The fourth-order valence-corrected chi connectivity index (χ4v) is 3.76. The molecule has 6 nitrogen and oxygen atoms in total. The van der Waals surface area contributed by atoms with E-state index in [2.05, 4.69) is 22.5 Å². The van der Waals surface area contributed by atoms with Crippen LogP contribution in [0.15, 0.2) is 42.5 Å². The second-order valence-corrected chi connectivity index (χ2v) is 8.28. The zero-order valence-electron chi connectivity index (χ0n) is 18.0. The summed E-state index contributed by atoms with van der Waals surface area (Å²) in [4.78, 5) is 27.5. The molecule has 0 bridgehead atoms. The summed E-state index contributed by atoms with van der Waals surface area (Å²) in [5.74, 6) is -0.943. The van der Waals surface area contributed by atoms with Crippen molar-refractivity contribution in [3.8, 4) is 0 Å². The van der Waals surface area contributed by atoms with Gasteiger partial charge in [0.15, 0.2) is 0 Å². The number of hydrogen-bond acceptors (Lipinski definition) is 4. The molecule has 1 fully saturated rings. The average molecular weight is 428 g/mol. The summed E-state index contributed by atoms with van der Waals surface area (Å²) in [6.45, 7) is 6.53. The Kier molecular flexibility index (Phi) is 7.76. The zero-order valence-corrected chi connectivity index (χ0v) is 18.0. The molecule has 2 amide bonds. The molecule has 3 N–H and O–H groups in total. The van der Waals surface area contributed by atoms with E-state index in [-0.39, 0.29) is 17.7 Å². The van der Waals surface area contributed by atoms with Gasteiger partial charge in [0.1, 0.15) is 5.82 Å². The van der Waals surface area contributed by atoms with E-state index in [0.29, 0.717) is 23.7 Å². The molecule has 1 saturated heterocycles. The standard InChI is InChI=1S/C24H30FN3O3/c1-16-10-12-28(13-11-16)15-18(29)14-26-23(30)20-8-5-6-17(2)22(20)27-24(31)19-7-3-4-9-21(19)25/h3-9,16,18,29H,10-15H2,1-2H3,(H,26,30)(H,27,31). The maximum absolute atomic E-state index is 14.0. The first kappa shape index (κ1) is 22.9. The molecule has 1 heterocycles. The Morgan fingerprint density at radius 1 is 1.10 bits per heavy atom. The molecule has 0 spiro atoms. The molecular formula is C24H30FN3O3. The molecule has 1 aliphatic rings. The molecule has 0 aromatic heterocycles. The molecule has 2 aromatic rings. The molecule has 2 aromatic carbocycles. The molecular weight excluding hydrogens is 397 g/mol. The van der Waals surface area contributed by atoms with Gasteiger partial charge in [0, 0.05) is 13.1 Å². The van der Waals surface area contributed by atoms with Crippen LogP contribution in [0.25, 0.3) is 0 Å². The third-order valence-corrected chi connectivity index (χ3v) is 5.72. The number of benzene rings is 2. The number of carbonyl (C=O) groups excluding carboxylic acids is 2. The lowest BCUT2D eigenvalue weighted by Crippen LogP contribution is -2.43. The van der Waals surface area contributed by atoms with Gasteiger partial charge in [-0.15, -0.1) is 0 Å². The van der Waals surface area contributed by atoms with Gasteiger partial charge in [-0.3, -0.25) is 9.59 Å². The molecule has 1 aliphatic heterocycles. The van der Waals surface area contributed by atoms with Crippen molar-refractivity contribution in [2.45, 2.75) is 32.8 Å². The van der Waals surface area contributed by atoms with Gasteiger partial charge in [-0.2, -0.15) is 0 Å². The van der Waals surface area contributed by atoms with Crippen LogP contribution >= 0.6 is 0 Å². The first-order valence-corrected chi connectivity index (χ1v) is 10.7. The summed E-state index contributed by atoms with van der Waals surface area (Å²) in [6.07, 6.45) is 1.56. The lowest BCUT2D eigenvalue weighted by Gasteiger charge is -2.31. The molecule has 1 atom stereocenters. The predicted octanol–water partition coefficient (Wildman–Crippen LogP) is 3.21. The van der Waals surface area contributed by atoms with Crippen LogP contribution in [0.1, 0.15) is 46.0 Å².